The molecule has 2 aliphatic carbocycles. The van der Waals surface area contributed by atoms with Crippen LogP contribution in [0.15, 0.2) is 120 Å². The summed E-state index contributed by atoms with van der Waals surface area (Å²) in [6, 6.07) is 28.1. The van der Waals surface area contributed by atoms with E-state index in [1.807, 2.05) is 86.6 Å². The van der Waals surface area contributed by atoms with Crippen molar-refractivity contribution in [3.05, 3.63) is 153 Å². The summed E-state index contributed by atoms with van der Waals surface area (Å²) in [7, 11) is 0. The average molecular weight is 876 g/mol. The molecule has 0 heterocycles. The van der Waals surface area contributed by atoms with Crippen molar-refractivity contribution in [1.82, 2.24) is 5.32 Å². The van der Waals surface area contributed by atoms with Crippen LogP contribution in [0.5, 0.6) is 11.5 Å². The maximum atomic E-state index is 12.5. The monoisotopic (exact) mass is 875 g/mol. The lowest BCUT2D eigenvalue weighted by molar-refractivity contribution is -0.127. The quantitative estimate of drug-likeness (QED) is 0.0615. The average Bonchev–Trinajstić information content (AvgIpc) is 4.18. The molecule has 0 spiro atoms. The molecule has 0 aromatic heterocycles. The minimum absolute atomic E-state index is 0.0390. The maximum absolute atomic E-state index is 12.5. The van der Waals surface area contributed by atoms with Crippen LogP contribution in [-0.4, -0.2) is 43.3 Å². The number of hydrogen-bond acceptors (Lipinski definition) is 8. The number of fused-ring (bicyclic) bond motifs is 10. The molecule has 8 rings (SSSR count). The van der Waals surface area contributed by atoms with E-state index < -0.39 is 5.91 Å². The number of ketones is 1. The summed E-state index contributed by atoms with van der Waals surface area (Å²) in [5.74, 6) is 0.126. The number of aryl methyl sites for hydroxylation is 4. The minimum atomic E-state index is -0.481. The predicted octanol–water partition coefficient (Wildman–Crippen LogP) is 7.70. The zero-order valence-corrected chi connectivity index (χ0v) is 37.2. The smallest absolute Gasteiger partial charge is 0.240 e. The topological polar surface area (TPSA) is 185 Å². The lowest BCUT2D eigenvalue weighted by Gasteiger charge is -2.19. The molecule has 6 aromatic rings. The van der Waals surface area contributed by atoms with Gasteiger partial charge >= 0.3 is 0 Å². The Hall–Kier alpha value is -7.14. The van der Waals surface area contributed by atoms with Gasteiger partial charge in [-0.05, 0) is 132 Å². The van der Waals surface area contributed by atoms with Gasteiger partial charge in [-0.25, -0.2) is 0 Å². The number of rotatable bonds is 17. The number of hydrogen-bond donors (Lipinski definition) is 3. The number of carbonyl (C=O) groups excluding carboxylic acids is 4. The fourth-order valence-corrected chi connectivity index (χ4v) is 8.41. The predicted molar refractivity (Wildman–Crippen MR) is 256 cm³/mol. The molecule has 6 aromatic carbocycles. The van der Waals surface area contributed by atoms with E-state index in [0.29, 0.717) is 51.9 Å². The molecule has 0 radical (unpaired) electrons. The van der Waals surface area contributed by atoms with Crippen LogP contribution in [0.3, 0.4) is 0 Å². The molecule has 0 fully saturated rings. The molecule has 336 valence electrons. The van der Waals surface area contributed by atoms with Crippen molar-refractivity contribution in [3.8, 4) is 56.0 Å². The van der Waals surface area contributed by atoms with Gasteiger partial charge in [-0.1, -0.05) is 87.7 Å². The second kappa shape index (κ2) is 22.0. The third-order valence-electron chi connectivity index (χ3n) is 12.1. The standard InChI is InChI=1S/C28H32N2O4.C23H20O3.C3H5NO/c1-3-17(27(29)32)15-18(4-2)28(33)30-13-14-34-21-11-12-23-20(16-21)10-9-19-7-5-6-8-22(19)24-25(23)26(24)31;1-2-17(24)7-5-13-26-18-11-12-20-16(14-18)10-9-15-6-3-4-8-19(15)21-22(20)23(21)25;1-2-3(4)5/h5-8,11-12,16-18H,3-4,9-10,13-15H2,1-2H3,(H2,29,32)(H,30,33);2-4,6,8,11-12,14H,1,5,7,9-10,13H2;2H,1H2,(H2,4,5). The minimum Gasteiger partial charge on any atom is -0.494 e. The van der Waals surface area contributed by atoms with Gasteiger partial charge in [-0.15, -0.1) is 0 Å². The molecular formula is C54H57N3O8. The van der Waals surface area contributed by atoms with Crippen LogP contribution >= 0.6 is 0 Å². The second-order valence-electron chi connectivity index (χ2n) is 16.3. The summed E-state index contributed by atoms with van der Waals surface area (Å²) in [5, 5.41) is 2.92. The zero-order valence-electron chi connectivity index (χ0n) is 37.2. The fourth-order valence-electron chi connectivity index (χ4n) is 8.41. The first kappa shape index (κ1) is 47.3. The summed E-state index contributed by atoms with van der Waals surface area (Å²) in [4.78, 5) is 69.7. The highest BCUT2D eigenvalue weighted by atomic mass is 16.5. The van der Waals surface area contributed by atoms with Crippen molar-refractivity contribution >= 4 is 23.5 Å². The molecule has 11 nitrogen and oxygen atoms in total. The Bertz CT molecular complexity index is 2730. The van der Waals surface area contributed by atoms with Gasteiger partial charge in [0, 0.05) is 40.5 Å². The number of amides is 3. The lowest BCUT2D eigenvalue weighted by atomic mass is 9.89. The van der Waals surface area contributed by atoms with Crippen molar-refractivity contribution in [2.75, 3.05) is 19.8 Å². The molecule has 65 heavy (non-hydrogen) atoms. The van der Waals surface area contributed by atoms with Crippen LogP contribution in [0.4, 0.5) is 0 Å². The van der Waals surface area contributed by atoms with Crippen LogP contribution in [-0.2, 0) is 44.9 Å². The Morgan fingerprint density at radius 3 is 1.52 bits per heavy atom. The molecule has 3 amide bonds. The van der Waals surface area contributed by atoms with Crippen molar-refractivity contribution < 1.29 is 28.7 Å². The van der Waals surface area contributed by atoms with Crippen LogP contribution < -0.4 is 37.1 Å². The molecule has 2 aliphatic rings. The molecule has 0 bridgehead atoms. The molecule has 0 saturated carbocycles. The number of carbonyl (C=O) groups is 4. The number of allylic oxidation sites excluding steroid dienone is 1. The van der Waals surface area contributed by atoms with E-state index >= 15 is 0 Å². The highest BCUT2D eigenvalue weighted by molar-refractivity contribution is 5.98. The Morgan fingerprint density at radius 1 is 0.631 bits per heavy atom. The van der Waals surface area contributed by atoms with Crippen LogP contribution in [0.1, 0.15) is 68.2 Å². The molecular weight excluding hydrogens is 819 g/mol. The van der Waals surface area contributed by atoms with Crippen LogP contribution in [0.25, 0.3) is 44.5 Å². The van der Waals surface area contributed by atoms with Crippen molar-refractivity contribution in [2.24, 2.45) is 23.3 Å². The van der Waals surface area contributed by atoms with Gasteiger partial charge in [0.05, 0.1) is 13.2 Å². The molecule has 2 atom stereocenters. The fraction of sp³-hybridized carbons (Fsp3) is 0.296. The zero-order chi connectivity index (χ0) is 46.6. The number of nitrogens with two attached hydrogens (primary N) is 2. The highest BCUT2D eigenvalue weighted by Crippen LogP contribution is 2.43. The molecule has 5 N–H and O–H groups in total. The normalized spacial score (nSPS) is 12.9. The third-order valence-corrected chi connectivity index (χ3v) is 12.1. The van der Waals surface area contributed by atoms with Gasteiger partial charge < -0.3 is 26.3 Å². The Labute approximate surface area is 379 Å². The first-order chi connectivity index (χ1) is 31.4. The summed E-state index contributed by atoms with van der Waals surface area (Å²) >= 11 is 0. The van der Waals surface area contributed by atoms with Crippen LogP contribution in [0, 0.1) is 11.8 Å². The number of nitrogens with one attached hydrogen (secondary N) is 1. The maximum Gasteiger partial charge on any atom is 0.240 e. The lowest BCUT2D eigenvalue weighted by Crippen LogP contribution is -2.36. The van der Waals surface area contributed by atoms with Crippen molar-refractivity contribution in [3.63, 3.8) is 0 Å². The van der Waals surface area contributed by atoms with Gasteiger partial charge in [0.25, 0.3) is 0 Å². The van der Waals surface area contributed by atoms with E-state index in [1.165, 1.54) is 17.2 Å². The Balaban J connectivity index is 0.000000200. The summed E-state index contributed by atoms with van der Waals surface area (Å²) in [6.07, 6.45) is 8.78. The van der Waals surface area contributed by atoms with Gasteiger partial charge in [0.15, 0.2) is 16.6 Å². The van der Waals surface area contributed by atoms with E-state index in [1.54, 1.807) is 0 Å². The number of benzene rings is 4. The first-order valence-corrected chi connectivity index (χ1v) is 22.3. The molecule has 0 aliphatic heterocycles. The van der Waals surface area contributed by atoms with Crippen LogP contribution in [0.2, 0.25) is 0 Å². The number of primary amides is 2. The van der Waals surface area contributed by atoms with Crippen molar-refractivity contribution in [2.45, 2.75) is 71.6 Å². The van der Waals surface area contributed by atoms with Gasteiger partial charge in [0.1, 0.15) is 18.1 Å². The molecule has 2 unspecified atom stereocenters. The van der Waals surface area contributed by atoms with E-state index in [9.17, 15) is 28.8 Å². The summed E-state index contributed by atoms with van der Waals surface area (Å²) in [5.41, 5.74) is 22.6. The van der Waals surface area contributed by atoms with Gasteiger partial charge in [-0.3, -0.25) is 28.8 Å². The van der Waals surface area contributed by atoms with E-state index in [0.717, 1.165) is 98.9 Å². The summed E-state index contributed by atoms with van der Waals surface area (Å²) < 4.78 is 11.7. The third kappa shape index (κ3) is 11.7. The first-order valence-electron chi connectivity index (χ1n) is 22.3. The van der Waals surface area contributed by atoms with Gasteiger partial charge in [0.2, 0.25) is 17.7 Å². The van der Waals surface area contributed by atoms with Gasteiger partial charge in [-0.2, -0.15) is 0 Å². The second-order valence-corrected chi connectivity index (χ2v) is 16.3. The van der Waals surface area contributed by atoms with E-state index in [2.05, 4.69) is 36.3 Å². The van der Waals surface area contributed by atoms with E-state index in [4.69, 9.17) is 15.2 Å². The SMILES string of the molecule is C=CC(=O)CCCOc1ccc2c(c1)CCc1ccccc1-c1c-2c1=O.C=CC(N)=O.CCC(CC(CC)C(=O)NCCOc1ccc2c(c1)CCc1ccccc1-c1c-2c1=O)C(N)=O. The molecule has 11 heteroatoms. The van der Waals surface area contributed by atoms with Crippen molar-refractivity contribution in [1.29, 1.82) is 0 Å². The Morgan fingerprint density at radius 2 is 1.08 bits per heavy atom. The largest absolute Gasteiger partial charge is 0.494 e. The Kier molecular flexibility index (Phi) is 16.0. The number of ether oxygens (including phenoxy) is 2. The summed E-state index contributed by atoms with van der Waals surface area (Å²) in [6.45, 7) is 11.6. The molecule has 0 saturated heterocycles. The van der Waals surface area contributed by atoms with E-state index in [-0.39, 0.29) is 40.3 Å². The highest BCUT2D eigenvalue weighted by Gasteiger charge is 2.32.